The van der Waals surface area contributed by atoms with Gasteiger partial charge in [0.05, 0.1) is 43.0 Å². The largest absolute Gasteiger partial charge is 0.465 e. The maximum Gasteiger partial charge on any atom is 0.320 e. The van der Waals surface area contributed by atoms with Crippen molar-refractivity contribution in [1.29, 1.82) is 0 Å². The van der Waals surface area contributed by atoms with Crippen molar-refractivity contribution in [3.63, 3.8) is 0 Å². The zero-order valence-electron chi connectivity index (χ0n) is 23.2. The van der Waals surface area contributed by atoms with E-state index in [1.54, 1.807) is 0 Å². The number of carbonyl (C=O) groups excluding carboxylic acids is 1. The van der Waals surface area contributed by atoms with Gasteiger partial charge in [-0.1, -0.05) is 48.5 Å². The molecule has 1 unspecified atom stereocenters. The quantitative estimate of drug-likeness (QED) is 0.367. The van der Waals surface area contributed by atoms with Gasteiger partial charge in [-0.2, -0.15) is 0 Å². The van der Waals surface area contributed by atoms with E-state index in [-0.39, 0.29) is 18.1 Å². The molecule has 0 spiro atoms. The fraction of sp³-hybridized carbons (Fsp3) is 0.452. The second-order valence-corrected chi connectivity index (χ2v) is 10.4. The third-order valence-corrected chi connectivity index (χ3v) is 7.49. The molecule has 1 aromatic heterocycles. The van der Waals surface area contributed by atoms with Crippen molar-refractivity contribution < 1.29 is 14.3 Å². The van der Waals surface area contributed by atoms with Crippen molar-refractivity contribution in [3.8, 4) is 0 Å². The molecule has 0 bridgehead atoms. The minimum Gasteiger partial charge on any atom is -0.465 e. The summed E-state index contributed by atoms with van der Waals surface area (Å²) in [4.78, 5) is 24.1. The number of hydrogen-bond acceptors (Lipinski definition) is 7. The Morgan fingerprint density at radius 3 is 2.64 bits per heavy atom. The third-order valence-electron chi connectivity index (χ3n) is 7.49. The van der Waals surface area contributed by atoms with Gasteiger partial charge in [0.1, 0.15) is 6.10 Å². The number of piperidine rings is 1. The van der Waals surface area contributed by atoms with Crippen molar-refractivity contribution in [1.82, 2.24) is 14.5 Å². The molecule has 2 aliphatic heterocycles. The molecule has 2 aliphatic rings. The molecule has 5 rings (SSSR count). The van der Waals surface area contributed by atoms with Gasteiger partial charge in [-0.15, -0.1) is 0 Å². The van der Waals surface area contributed by atoms with Crippen LogP contribution in [0, 0.1) is 6.92 Å². The van der Waals surface area contributed by atoms with Gasteiger partial charge in [0.2, 0.25) is 5.95 Å². The minimum absolute atomic E-state index is 0.0878. The van der Waals surface area contributed by atoms with Crippen molar-refractivity contribution in [3.05, 3.63) is 71.4 Å². The summed E-state index contributed by atoms with van der Waals surface area (Å²) in [6.07, 6.45) is 4.75. The first-order valence-corrected chi connectivity index (χ1v) is 14.0. The molecule has 8 heteroatoms. The first kappa shape index (κ1) is 27.1. The van der Waals surface area contributed by atoms with Crippen molar-refractivity contribution >= 4 is 28.7 Å². The van der Waals surface area contributed by atoms with E-state index in [9.17, 15) is 4.79 Å². The topological polar surface area (TPSA) is 81.0 Å². The fourth-order valence-corrected chi connectivity index (χ4v) is 5.36. The SMILES string of the molecule is CCOC(=O)CN1CCC(Nc2nc3c(C)cccc3n2CC2=NC(C)=CCC2OCc2ccccc2)CC1. The number of benzene rings is 2. The van der Waals surface area contributed by atoms with Crippen LogP contribution in [0.5, 0.6) is 0 Å². The van der Waals surface area contributed by atoms with E-state index in [0.717, 1.165) is 71.9 Å². The highest BCUT2D eigenvalue weighted by molar-refractivity contribution is 5.92. The van der Waals surface area contributed by atoms with Gasteiger partial charge in [0, 0.05) is 24.8 Å². The molecule has 8 nitrogen and oxygen atoms in total. The Morgan fingerprint density at radius 2 is 1.87 bits per heavy atom. The molecule has 2 aromatic carbocycles. The van der Waals surface area contributed by atoms with Gasteiger partial charge in [0.15, 0.2) is 0 Å². The van der Waals surface area contributed by atoms with E-state index in [4.69, 9.17) is 19.5 Å². The van der Waals surface area contributed by atoms with E-state index in [0.29, 0.717) is 26.3 Å². The molecule has 3 aromatic rings. The number of esters is 1. The predicted molar refractivity (Wildman–Crippen MR) is 155 cm³/mol. The molecule has 1 saturated heterocycles. The Balaban J connectivity index is 1.33. The van der Waals surface area contributed by atoms with Gasteiger partial charge in [-0.25, -0.2) is 4.98 Å². The average molecular weight is 530 g/mol. The van der Waals surface area contributed by atoms with Gasteiger partial charge in [-0.05, 0) is 57.2 Å². The number of ether oxygens (including phenoxy) is 2. The van der Waals surface area contributed by atoms with Crippen LogP contribution in [0.15, 0.2) is 65.3 Å². The number of rotatable bonds is 10. The zero-order valence-corrected chi connectivity index (χ0v) is 23.2. The maximum absolute atomic E-state index is 11.9. The lowest BCUT2D eigenvalue weighted by Gasteiger charge is -2.32. The normalized spacial score (nSPS) is 18.6. The van der Waals surface area contributed by atoms with Crippen LogP contribution >= 0.6 is 0 Å². The average Bonchev–Trinajstić information content (AvgIpc) is 3.28. The lowest BCUT2D eigenvalue weighted by Crippen LogP contribution is -2.42. The Kier molecular flexibility index (Phi) is 8.74. The molecule has 0 saturated carbocycles. The van der Waals surface area contributed by atoms with E-state index in [2.05, 4.69) is 58.1 Å². The number of allylic oxidation sites excluding steroid dienone is 1. The van der Waals surface area contributed by atoms with Crippen LogP contribution in [-0.4, -0.2) is 64.5 Å². The van der Waals surface area contributed by atoms with Crippen LogP contribution in [-0.2, 0) is 27.4 Å². The number of fused-ring (bicyclic) bond motifs is 1. The number of aliphatic imine (C=N–C) groups is 1. The zero-order chi connectivity index (χ0) is 27.2. The summed E-state index contributed by atoms with van der Waals surface area (Å²) in [6.45, 7) is 9.63. The second kappa shape index (κ2) is 12.6. The summed E-state index contributed by atoms with van der Waals surface area (Å²) in [5, 5.41) is 3.74. The molecular formula is C31H39N5O3. The molecule has 3 heterocycles. The van der Waals surface area contributed by atoms with E-state index < -0.39 is 0 Å². The number of nitrogens with one attached hydrogen (secondary N) is 1. The Morgan fingerprint density at radius 1 is 1.08 bits per heavy atom. The number of nitrogens with zero attached hydrogens (tertiary/aromatic N) is 4. The first-order valence-electron chi connectivity index (χ1n) is 14.0. The highest BCUT2D eigenvalue weighted by Crippen LogP contribution is 2.27. The highest BCUT2D eigenvalue weighted by atomic mass is 16.5. The molecule has 1 atom stereocenters. The Labute approximate surface area is 230 Å². The lowest BCUT2D eigenvalue weighted by molar-refractivity contribution is -0.144. The van der Waals surface area contributed by atoms with Gasteiger partial charge >= 0.3 is 5.97 Å². The molecular weight excluding hydrogens is 490 g/mol. The van der Waals surface area contributed by atoms with Crippen molar-refractivity contribution in [2.45, 2.75) is 65.3 Å². The monoisotopic (exact) mass is 529 g/mol. The number of para-hydroxylation sites is 1. The number of aryl methyl sites for hydroxylation is 1. The summed E-state index contributed by atoms with van der Waals surface area (Å²) >= 11 is 0. The number of imidazole rings is 1. The number of carbonyl (C=O) groups is 1. The molecule has 0 aliphatic carbocycles. The third kappa shape index (κ3) is 6.75. The smallest absolute Gasteiger partial charge is 0.320 e. The summed E-state index contributed by atoms with van der Waals surface area (Å²) < 4.78 is 13.8. The van der Waals surface area contributed by atoms with E-state index in [1.165, 1.54) is 0 Å². The van der Waals surface area contributed by atoms with Crippen molar-refractivity contribution in [2.24, 2.45) is 4.99 Å². The summed E-state index contributed by atoms with van der Waals surface area (Å²) in [7, 11) is 0. The van der Waals surface area contributed by atoms with E-state index >= 15 is 0 Å². The van der Waals surface area contributed by atoms with Crippen LogP contribution in [0.3, 0.4) is 0 Å². The van der Waals surface area contributed by atoms with Crippen molar-refractivity contribution in [2.75, 3.05) is 31.6 Å². The van der Waals surface area contributed by atoms with Gasteiger partial charge in [-0.3, -0.25) is 14.7 Å². The van der Waals surface area contributed by atoms with Crippen LogP contribution in [0.25, 0.3) is 11.0 Å². The van der Waals surface area contributed by atoms with Gasteiger partial charge < -0.3 is 19.4 Å². The van der Waals surface area contributed by atoms with Gasteiger partial charge in [0.25, 0.3) is 0 Å². The molecule has 0 radical (unpaired) electrons. The number of likely N-dealkylation sites (tertiary alicyclic amines) is 1. The van der Waals surface area contributed by atoms with E-state index in [1.807, 2.05) is 32.0 Å². The lowest BCUT2D eigenvalue weighted by atomic mass is 10.1. The number of aromatic nitrogens is 2. The predicted octanol–water partition coefficient (Wildman–Crippen LogP) is 5.12. The molecule has 39 heavy (non-hydrogen) atoms. The molecule has 1 N–H and O–H groups in total. The van der Waals surface area contributed by atoms with Crippen LogP contribution in [0.1, 0.15) is 44.2 Å². The summed E-state index contributed by atoms with van der Waals surface area (Å²) in [6, 6.07) is 16.9. The summed E-state index contributed by atoms with van der Waals surface area (Å²) in [5.74, 6) is 0.711. The Hall–Kier alpha value is -3.49. The van der Waals surface area contributed by atoms with Crippen LogP contribution in [0.2, 0.25) is 0 Å². The maximum atomic E-state index is 11.9. The number of hydrogen-bond donors (Lipinski definition) is 1. The Bertz CT molecular complexity index is 1340. The van der Waals surface area contributed by atoms with Crippen LogP contribution < -0.4 is 5.32 Å². The fourth-order valence-electron chi connectivity index (χ4n) is 5.36. The molecule has 1 fully saturated rings. The standard InChI is InChI=1S/C31H39N5O3/c1-4-38-29(37)20-35-17-15-25(16-18-35)33-31-34-30-22(2)9-8-12-27(30)36(31)19-26-28(14-13-23(3)32-26)39-21-24-10-6-5-7-11-24/h5-13,25,28H,4,14-21H2,1-3H3,(H,33,34). The molecule has 206 valence electrons. The number of anilines is 1. The van der Waals surface area contributed by atoms with Crippen LogP contribution in [0.4, 0.5) is 5.95 Å². The second-order valence-electron chi connectivity index (χ2n) is 10.4. The summed E-state index contributed by atoms with van der Waals surface area (Å²) in [5.41, 5.74) is 6.44. The minimum atomic E-state index is -0.150. The molecule has 0 amide bonds. The highest BCUT2D eigenvalue weighted by Gasteiger charge is 2.26. The first-order chi connectivity index (χ1) is 19.0.